The van der Waals surface area contributed by atoms with Crippen LogP contribution in [0.2, 0.25) is 0 Å². The fraction of sp³-hybridized carbons (Fsp3) is 0.294. The van der Waals surface area contributed by atoms with Gasteiger partial charge in [-0.25, -0.2) is 4.68 Å². The summed E-state index contributed by atoms with van der Waals surface area (Å²) in [7, 11) is 0. The van der Waals surface area contributed by atoms with Gasteiger partial charge in [0.1, 0.15) is 0 Å². The summed E-state index contributed by atoms with van der Waals surface area (Å²) in [5.41, 5.74) is 2.07. The van der Waals surface area contributed by atoms with Crippen molar-refractivity contribution < 1.29 is 4.79 Å². The average Bonchev–Trinajstić information content (AvgIpc) is 3.16. The second-order valence-electron chi connectivity index (χ2n) is 5.30. The summed E-state index contributed by atoms with van der Waals surface area (Å²) in [5, 5.41) is 4.29. The van der Waals surface area contributed by atoms with E-state index in [1.165, 1.54) is 0 Å². The normalized spacial score (nSPS) is 19.5. The third-order valence-corrected chi connectivity index (χ3v) is 4.00. The van der Waals surface area contributed by atoms with Gasteiger partial charge >= 0.3 is 0 Å². The molecule has 0 saturated carbocycles. The number of rotatable bonds is 3. The monoisotopic (exact) mass is 279 g/mol. The summed E-state index contributed by atoms with van der Waals surface area (Å²) < 4.78 is 1.82. The molecule has 2 heterocycles. The number of benzene rings is 1. The van der Waals surface area contributed by atoms with Gasteiger partial charge in [-0.05, 0) is 19.1 Å². The Kier molecular flexibility index (Phi) is 3.49. The third kappa shape index (κ3) is 2.43. The molecular formula is C17H17N3O. The number of likely N-dealkylation sites (tertiary alicyclic amines) is 1. The second kappa shape index (κ2) is 5.45. The Morgan fingerprint density at radius 1 is 1.38 bits per heavy atom. The van der Waals surface area contributed by atoms with Gasteiger partial charge in [0, 0.05) is 36.8 Å². The number of hydrogen-bond acceptors (Lipinski definition) is 2. The van der Waals surface area contributed by atoms with E-state index in [4.69, 9.17) is 6.42 Å². The van der Waals surface area contributed by atoms with Crippen molar-refractivity contribution in [1.29, 1.82) is 0 Å². The zero-order valence-corrected chi connectivity index (χ0v) is 11.9. The highest BCUT2D eigenvalue weighted by Gasteiger charge is 2.33. The molecule has 1 aromatic heterocycles. The van der Waals surface area contributed by atoms with Gasteiger partial charge in [-0.3, -0.25) is 4.79 Å². The fourth-order valence-corrected chi connectivity index (χ4v) is 2.85. The van der Waals surface area contributed by atoms with Gasteiger partial charge in [0.05, 0.1) is 11.7 Å². The number of amides is 1. The second-order valence-corrected chi connectivity index (χ2v) is 5.30. The smallest absolute Gasteiger partial charge is 0.224 e. The number of carbonyl (C=O) groups is 1. The highest BCUT2D eigenvalue weighted by Crippen LogP contribution is 2.31. The number of hydrogen-bond donors (Lipinski definition) is 0. The number of aromatic nitrogens is 2. The van der Waals surface area contributed by atoms with E-state index in [9.17, 15) is 4.79 Å². The van der Waals surface area contributed by atoms with E-state index in [-0.39, 0.29) is 17.9 Å². The van der Waals surface area contributed by atoms with Crippen LogP contribution in [0.1, 0.15) is 24.9 Å². The topological polar surface area (TPSA) is 38.1 Å². The van der Waals surface area contributed by atoms with Crippen LogP contribution in [0.3, 0.4) is 0 Å². The van der Waals surface area contributed by atoms with Crippen molar-refractivity contribution in [2.45, 2.75) is 19.4 Å². The summed E-state index contributed by atoms with van der Waals surface area (Å²) in [4.78, 5) is 14.0. The minimum absolute atomic E-state index is 0.0174. The van der Waals surface area contributed by atoms with Crippen LogP contribution in [0.15, 0.2) is 42.7 Å². The molecule has 0 radical (unpaired) electrons. The van der Waals surface area contributed by atoms with Gasteiger partial charge in [0.2, 0.25) is 5.91 Å². The molecule has 1 aliphatic heterocycles. The van der Waals surface area contributed by atoms with Gasteiger partial charge in [-0.1, -0.05) is 18.2 Å². The van der Waals surface area contributed by atoms with Crippen molar-refractivity contribution in [1.82, 2.24) is 14.7 Å². The van der Waals surface area contributed by atoms with Gasteiger partial charge in [-0.2, -0.15) is 5.10 Å². The molecule has 0 aliphatic carbocycles. The molecule has 2 aromatic rings. The summed E-state index contributed by atoms with van der Waals surface area (Å²) >= 11 is 0. The van der Waals surface area contributed by atoms with Crippen LogP contribution in [0.25, 0.3) is 5.69 Å². The molecule has 4 nitrogen and oxygen atoms in total. The van der Waals surface area contributed by atoms with E-state index in [0.717, 1.165) is 11.3 Å². The molecule has 2 atom stereocenters. The molecule has 2 unspecified atom stereocenters. The predicted molar refractivity (Wildman–Crippen MR) is 80.6 cm³/mol. The van der Waals surface area contributed by atoms with Crippen LogP contribution < -0.4 is 0 Å². The first-order chi connectivity index (χ1) is 10.2. The van der Waals surface area contributed by atoms with E-state index >= 15 is 0 Å². The van der Waals surface area contributed by atoms with Crippen LogP contribution in [-0.2, 0) is 4.79 Å². The molecule has 1 aliphatic rings. The number of carbonyl (C=O) groups excluding carboxylic acids is 1. The molecule has 1 fully saturated rings. The SMILES string of the molecule is C#CC1CC(=O)N(C(C)c2ccccc2-n2cccn2)C1. The lowest BCUT2D eigenvalue weighted by atomic mass is 10.0. The Labute approximate surface area is 124 Å². The lowest BCUT2D eigenvalue weighted by molar-refractivity contribution is -0.129. The summed E-state index contributed by atoms with van der Waals surface area (Å²) in [6.07, 6.45) is 9.56. The molecule has 4 heteroatoms. The minimum Gasteiger partial charge on any atom is -0.335 e. The van der Waals surface area contributed by atoms with E-state index in [1.807, 2.05) is 53.0 Å². The third-order valence-electron chi connectivity index (χ3n) is 4.00. The molecule has 0 bridgehead atoms. The fourth-order valence-electron chi connectivity index (χ4n) is 2.85. The van der Waals surface area contributed by atoms with Crippen molar-refractivity contribution in [3.63, 3.8) is 0 Å². The maximum Gasteiger partial charge on any atom is 0.224 e. The zero-order valence-electron chi connectivity index (χ0n) is 11.9. The highest BCUT2D eigenvalue weighted by molar-refractivity contribution is 5.80. The van der Waals surface area contributed by atoms with E-state index < -0.39 is 0 Å². The summed E-state index contributed by atoms with van der Waals surface area (Å²) in [5.74, 6) is 2.84. The van der Waals surface area contributed by atoms with Crippen molar-refractivity contribution >= 4 is 5.91 Å². The van der Waals surface area contributed by atoms with E-state index in [1.54, 1.807) is 6.20 Å². The van der Waals surface area contributed by atoms with Crippen LogP contribution in [0.4, 0.5) is 0 Å². The maximum atomic E-state index is 12.2. The van der Waals surface area contributed by atoms with Gasteiger partial charge < -0.3 is 4.90 Å². The molecule has 0 N–H and O–H groups in total. The molecule has 1 amide bonds. The lowest BCUT2D eigenvalue weighted by Gasteiger charge is -2.26. The molecule has 21 heavy (non-hydrogen) atoms. The van der Waals surface area contributed by atoms with Gasteiger partial charge in [0.25, 0.3) is 0 Å². The van der Waals surface area contributed by atoms with Crippen molar-refractivity contribution in [3.8, 4) is 18.0 Å². The molecule has 106 valence electrons. The molecule has 3 rings (SSSR count). The van der Waals surface area contributed by atoms with Crippen LogP contribution >= 0.6 is 0 Å². The standard InChI is InChI=1S/C17H17N3O/c1-3-14-11-17(21)19(12-14)13(2)15-7-4-5-8-16(15)20-10-6-9-18-20/h1,4-10,13-14H,11-12H2,2H3. The Bertz CT molecular complexity index is 684. The summed E-state index contributed by atoms with van der Waals surface area (Å²) in [6, 6.07) is 9.88. The lowest BCUT2D eigenvalue weighted by Crippen LogP contribution is -2.29. The quantitative estimate of drug-likeness (QED) is 0.809. The zero-order chi connectivity index (χ0) is 14.8. The Balaban J connectivity index is 1.94. The number of nitrogens with zero attached hydrogens (tertiary/aromatic N) is 3. The Morgan fingerprint density at radius 2 is 2.19 bits per heavy atom. The maximum absolute atomic E-state index is 12.2. The van der Waals surface area contributed by atoms with Crippen LogP contribution in [-0.4, -0.2) is 27.1 Å². The first-order valence-corrected chi connectivity index (χ1v) is 7.05. The summed E-state index contributed by atoms with van der Waals surface area (Å²) in [6.45, 7) is 2.67. The predicted octanol–water partition coefficient (Wildman–Crippen LogP) is 2.42. The molecule has 0 spiro atoms. The number of terminal acetylenes is 1. The van der Waals surface area contributed by atoms with E-state index in [0.29, 0.717) is 13.0 Å². The van der Waals surface area contributed by atoms with Gasteiger partial charge in [-0.15, -0.1) is 12.3 Å². The first-order valence-electron chi connectivity index (χ1n) is 7.05. The Morgan fingerprint density at radius 3 is 2.86 bits per heavy atom. The van der Waals surface area contributed by atoms with Crippen molar-refractivity contribution in [2.75, 3.05) is 6.54 Å². The molecular weight excluding hydrogens is 262 g/mol. The van der Waals surface area contributed by atoms with Crippen molar-refractivity contribution in [3.05, 3.63) is 48.3 Å². The molecule has 1 aromatic carbocycles. The van der Waals surface area contributed by atoms with E-state index in [2.05, 4.69) is 11.0 Å². The highest BCUT2D eigenvalue weighted by atomic mass is 16.2. The average molecular weight is 279 g/mol. The van der Waals surface area contributed by atoms with Gasteiger partial charge in [0.15, 0.2) is 0 Å². The number of para-hydroxylation sites is 1. The van der Waals surface area contributed by atoms with Crippen LogP contribution in [0.5, 0.6) is 0 Å². The minimum atomic E-state index is -0.0174. The van der Waals surface area contributed by atoms with Crippen molar-refractivity contribution in [2.24, 2.45) is 5.92 Å². The Hall–Kier alpha value is -2.54. The van der Waals surface area contributed by atoms with Crippen LogP contribution in [0, 0.1) is 18.3 Å². The first kappa shape index (κ1) is 13.4. The largest absolute Gasteiger partial charge is 0.335 e. The molecule has 1 saturated heterocycles.